The molecule has 1 amide bonds. The lowest BCUT2D eigenvalue weighted by molar-refractivity contribution is -0.267. The molecular formula is C11H13ClNO2-. The fraction of sp³-hybridized carbons (Fsp3) is 0.364. The van der Waals surface area contributed by atoms with E-state index in [2.05, 4.69) is 0 Å². The topological polar surface area (TPSA) is 43.4 Å². The summed E-state index contributed by atoms with van der Waals surface area (Å²) < 4.78 is 0. The summed E-state index contributed by atoms with van der Waals surface area (Å²) in [6, 6.07) is 9.18. The molecule has 1 unspecified atom stereocenters. The molecule has 0 aliphatic rings. The smallest absolute Gasteiger partial charge is 0.137 e. The van der Waals surface area contributed by atoms with Crippen molar-refractivity contribution in [2.75, 3.05) is 12.4 Å². The minimum atomic E-state index is -1.19. The molecule has 15 heavy (non-hydrogen) atoms. The van der Waals surface area contributed by atoms with Crippen molar-refractivity contribution in [3.63, 3.8) is 0 Å². The van der Waals surface area contributed by atoms with Gasteiger partial charge in [0.15, 0.2) is 0 Å². The fourth-order valence-corrected chi connectivity index (χ4v) is 1.63. The Labute approximate surface area is 94.3 Å². The maximum Gasteiger partial charge on any atom is 0.137 e. The van der Waals surface area contributed by atoms with Crippen molar-refractivity contribution in [1.29, 1.82) is 0 Å². The highest BCUT2D eigenvalue weighted by Gasteiger charge is 2.14. The van der Waals surface area contributed by atoms with Crippen LogP contribution in [0.3, 0.4) is 0 Å². The molecule has 4 heteroatoms. The van der Waals surface area contributed by atoms with Gasteiger partial charge >= 0.3 is 0 Å². The monoisotopic (exact) mass is 226 g/mol. The Bertz CT molecular complexity index is 316. The lowest BCUT2D eigenvalue weighted by Crippen LogP contribution is -2.43. The lowest BCUT2D eigenvalue weighted by atomic mass is 10.1. The van der Waals surface area contributed by atoms with Crippen LogP contribution in [0.4, 0.5) is 4.79 Å². The van der Waals surface area contributed by atoms with Crippen LogP contribution in [0.5, 0.6) is 0 Å². The minimum Gasteiger partial charge on any atom is -0.530 e. The minimum absolute atomic E-state index is 0.227. The highest BCUT2D eigenvalue weighted by atomic mass is 35.5. The molecule has 1 rings (SSSR count). The van der Waals surface area contributed by atoms with Gasteiger partial charge in [-0.2, -0.15) is 0 Å². The predicted molar refractivity (Wildman–Crippen MR) is 57.7 cm³/mol. The molecule has 0 heterocycles. The molecule has 1 atom stereocenters. The second-order valence-corrected chi connectivity index (χ2v) is 3.61. The van der Waals surface area contributed by atoms with Crippen LogP contribution < -0.4 is 5.11 Å². The van der Waals surface area contributed by atoms with Gasteiger partial charge in [-0.3, -0.25) is 0 Å². The number of carbonyl (C=O) groups is 1. The van der Waals surface area contributed by atoms with Gasteiger partial charge in [0, 0.05) is 12.4 Å². The fourth-order valence-electron chi connectivity index (χ4n) is 1.45. The number of hydrogen-bond acceptors (Lipinski definition) is 2. The summed E-state index contributed by atoms with van der Waals surface area (Å²) in [5.41, 5.74) is 0.937. The first-order valence-electron chi connectivity index (χ1n) is 4.75. The molecule has 1 aromatic rings. The van der Waals surface area contributed by atoms with Gasteiger partial charge in [-0.05, 0) is 12.5 Å². The number of rotatable bonds is 4. The van der Waals surface area contributed by atoms with Gasteiger partial charge in [0.25, 0.3) is 0 Å². The Morgan fingerprint density at radius 2 is 2.07 bits per heavy atom. The van der Waals surface area contributed by atoms with Crippen molar-refractivity contribution in [3.8, 4) is 0 Å². The van der Waals surface area contributed by atoms with E-state index in [9.17, 15) is 9.90 Å². The summed E-state index contributed by atoms with van der Waals surface area (Å²) in [7, 11) is 0. The van der Waals surface area contributed by atoms with Gasteiger partial charge < -0.3 is 14.8 Å². The second-order valence-electron chi connectivity index (χ2n) is 3.23. The summed E-state index contributed by atoms with van der Waals surface area (Å²) in [6.45, 7) is 2.09. The van der Waals surface area contributed by atoms with Crippen molar-refractivity contribution in [1.82, 2.24) is 4.90 Å². The van der Waals surface area contributed by atoms with Gasteiger partial charge in [0.05, 0.1) is 6.04 Å². The van der Waals surface area contributed by atoms with E-state index in [4.69, 9.17) is 11.6 Å². The van der Waals surface area contributed by atoms with E-state index in [0.717, 1.165) is 5.56 Å². The molecular weight excluding hydrogens is 214 g/mol. The maximum atomic E-state index is 10.9. The number of benzene rings is 1. The van der Waals surface area contributed by atoms with E-state index in [-0.39, 0.29) is 18.5 Å². The standard InChI is InChI=1S/C11H14ClNO2/c1-9(10-5-3-2-4-6-10)13(8-7-12)11(14)15/h2-6,9H,7-8H2,1H3,(H,14,15)/p-1. The van der Waals surface area contributed by atoms with Gasteiger partial charge in [-0.25, -0.2) is 0 Å². The Morgan fingerprint density at radius 3 is 2.53 bits per heavy atom. The third-order valence-corrected chi connectivity index (χ3v) is 2.48. The molecule has 0 saturated heterocycles. The Kier molecular flexibility index (Phi) is 4.43. The molecule has 0 saturated carbocycles. The number of carboxylic acid groups (broad SMARTS) is 1. The van der Waals surface area contributed by atoms with Crippen molar-refractivity contribution >= 4 is 17.7 Å². The summed E-state index contributed by atoms with van der Waals surface area (Å²) in [5, 5.41) is 10.9. The molecule has 82 valence electrons. The number of nitrogens with zero attached hydrogens (tertiary/aromatic N) is 1. The lowest BCUT2D eigenvalue weighted by Gasteiger charge is -2.31. The molecule has 0 aliphatic heterocycles. The van der Waals surface area contributed by atoms with Crippen molar-refractivity contribution in [3.05, 3.63) is 35.9 Å². The molecule has 0 fully saturated rings. The van der Waals surface area contributed by atoms with Crippen molar-refractivity contribution in [2.45, 2.75) is 13.0 Å². The first kappa shape index (κ1) is 11.9. The average Bonchev–Trinajstić information content (AvgIpc) is 2.26. The number of carbonyl (C=O) groups excluding carboxylic acids is 1. The van der Waals surface area contributed by atoms with Crippen LogP contribution >= 0.6 is 11.6 Å². The SMILES string of the molecule is CC(c1ccccc1)N(CCCl)C(=O)[O-]. The van der Waals surface area contributed by atoms with Gasteiger partial charge in [0.1, 0.15) is 6.09 Å². The summed E-state index contributed by atoms with van der Waals surface area (Å²) >= 11 is 5.54. The van der Waals surface area contributed by atoms with E-state index < -0.39 is 6.09 Å². The molecule has 0 aliphatic carbocycles. The van der Waals surface area contributed by atoms with Gasteiger partial charge in [0.2, 0.25) is 0 Å². The van der Waals surface area contributed by atoms with Gasteiger partial charge in [-0.1, -0.05) is 30.3 Å². The van der Waals surface area contributed by atoms with E-state index in [0.29, 0.717) is 0 Å². The Balaban J connectivity index is 2.81. The number of amides is 1. The van der Waals surface area contributed by atoms with Crippen LogP contribution in [-0.2, 0) is 0 Å². The molecule has 0 bridgehead atoms. The first-order valence-corrected chi connectivity index (χ1v) is 5.28. The summed E-state index contributed by atoms with van der Waals surface area (Å²) in [5.74, 6) is 0.269. The van der Waals surface area contributed by atoms with Crippen LogP contribution in [-0.4, -0.2) is 23.4 Å². The average molecular weight is 227 g/mol. The number of hydrogen-bond donors (Lipinski definition) is 0. The third kappa shape index (κ3) is 3.13. The Hall–Kier alpha value is -1.22. The summed E-state index contributed by atoms with van der Waals surface area (Å²) in [4.78, 5) is 12.1. The van der Waals surface area contributed by atoms with Crippen LogP contribution in [0.1, 0.15) is 18.5 Å². The maximum absolute atomic E-state index is 10.9. The third-order valence-electron chi connectivity index (χ3n) is 2.31. The largest absolute Gasteiger partial charge is 0.530 e. The molecule has 0 aromatic heterocycles. The normalized spacial score (nSPS) is 12.1. The van der Waals surface area contributed by atoms with Crippen molar-refractivity contribution < 1.29 is 9.90 Å². The number of alkyl halides is 1. The van der Waals surface area contributed by atoms with Crippen LogP contribution in [0.25, 0.3) is 0 Å². The van der Waals surface area contributed by atoms with Crippen LogP contribution in [0, 0.1) is 0 Å². The van der Waals surface area contributed by atoms with Crippen LogP contribution in [0.2, 0.25) is 0 Å². The zero-order chi connectivity index (χ0) is 11.3. The molecule has 3 nitrogen and oxygen atoms in total. The zero-order valence-corrected chi connectivity index (χ0v) is 9.28. The predicted octanol–water partition coefficient (Wildman–Crippen LogP) is 1.63. The zero-order valence-electron chi connectivity index (χ0n) is 8.52. The Morgan fingerprint density at radius 1 is 1.47 bits per heavy atom. The highest BCUT2D eigenvalue weighted by Crippen LogP contribution is 2.19. The van der Waals surface area contributed by atoms with E-state index >= 15 is 0 Å². The van der Waals surface area contributed by atoms with E-state index in [1.54, 1.807) is 0 Å². The first-order chi connectivity index (χ1) is 7.16. The molecule has 0 radical (unpaired) electrons. The van der Waals surface area contributed by atoms with Crippen LogP contribution in [0.15, 0.2) is 30.3 Å². The van der Waals surface area contributed by atoms with Gasteiger partial charge in [-0.15, -0.1) is 11.6 Å². The molecule has 1 aromatic carbocycles. The second kappa shape index (κ2) is 5.61. The quantitative estimate of drug-likeness (QED) is 0.733. The molecule has 0 spiro atoms. The van der Waals surface area contributed by atoms with E-state index in [1.165, 1.54) is 4.90 Å². The van der Waals surface area contributed by atoms with E-state index in [1.807, 2.05) is 37.3 Å². The summed E-state index contributed by atoms with van der Waals surface area (Å²) in [6.07, 6.45) is -1.19. The van der Waals surface area contributed by atoms with Crippen molar-refractivity contribution in [2.24, 2.45) is 0 Å². The highest BCUT2D eigenvalue weighted by molar-refractivity contribution is 6.18. The number of halogens is 1. The molecule has 0 N–H and O–H groups in total.